The Kier molecular flexibility index (Phi) is 4.11. The standard InChI is InChI=1S/C10H13NO2/c1-2-3-4-10(9-12)11-5-7-13-8-6-11/h2,5-8H2,1H3. The molecule has 1 rings (SSSR count). The molecular formula is C10H13NO2. The number of allylic oxidation sites excluding steroid dienone is 1. The highest BCUT2D eigenvalue weighted by atomic mass is 16.5. The van der Waals surface area contributed by atoms with Gasteiger partial charge in [0.2, 0.25) is 0 Å². The van der Waals surface area contributed by atoms with Crippen molar-refractivity contribution in [2.24, 2.45) is 0 Å². The van der Waals surface area contributed by atoms with Crippen LogP contribution in [0.15, 0.2) is 5.70 Å². The van der Waals surface area contributed by atoms with Gasteiger partial charge < -0.3 is 9.64 Å². The van der Waals surface area contributed by atoms with E-state index in [4.69, 9.17) is 4.74 Å². The minimum Gasteiger partial charge on any atom is -0.378 e. The summed E-state index contributed by atoms with van der Waals surface area (Å²) in [6, 6.07) is 0. The van der Waals surface area contributed by atoms with E-state index in [1.165, 1.54) is 0 Å². The number of rotatable bonds is 1. The molecule has 0 aromatic carbocycles. The zero-order chi connectivity index (χ0) is 9.52. The van der Waals surface area contributed by atoms with Gasteiger partial charge in [0.25, 0.3) is 0 Å². The second-order valence-corrected chi connectivity index (χ2v) is 2.71. The van der Waals surface area contributed by atoms with Crippen molar-refractivity contribution in [2.45, 2.75) is 13.3 Å². The summed E-state index contributed by atoms with van der Waals surface area (Å²) in [4.78, 5) is 12.5. The van der Waals surface area contributed by atoms with Crippen molar-refractivity contribution in [3.8, 4) is 11.8 Å². The van der Waals surface area contributed by atoms with Crippen molar-refractivity contribution in [1.29, 1.82) is 0 Å². The molecule has 13 heavy (non-hydrogen) atoms. The number of hydrogen-bond donors (Lipinski definition) is 0. The molecule has 0 aromatic rings. The summed E-state index contributed by atoms with van der Waals surface area (Å²) in [5, 5.41) is 0. The summed E-state index contributed by atoms with van der Waals surface area (Å²) < 4.78 is 5.17. The van der Waals surface area contributed by atoms with E-state index in [9.17, 15) is 4.79 Å². The molecule has 1 heterocycles. The highest BCUT2D eigenvalue weighted by molar-refractivity contribution is 5.59. The van der Waals surface area contributed by atoms with Gasteiger partial charge in [-0.15, -0.1) is 0 Å². The third-order valence-corrected chi connectivity index (χ3v) is 1.81. The molecule has 0 amide bonds. The van der Waals surface area contributed by atoms with Crippen LogP contribution in [0.5, 0.6) is 0 Å². The Morgan fingerprint density at radius 1 is 1.46 bits per heavy atom. The Labute approximate surface area is 78.4 Å². The number of morpholine rings is 1. The van der Waals surface area contributed by atoms with Crippen molar-refractivity contribution in [2.75, 3.05) is 26.3 Å². The highest BCUT2D eigenvalue weighted by Gasteiger charge is 2.12. The molecule has 3 nitrogen and oxygen atoms in total. The number of ether oxygens (including phenoxy) is 1. The Bertz CT molecular complexity index is 262. The molecule has 0 bridgehead atoms. The minimum absolute atomic E-state index is 0.463. The summed E-state index contributed by atoms with van der Waals surface area (Å²) in [6.45, 7) is 4.76. The van der Waals surface area contributed by atoms with Crippen molar-refractivity contribution in [3.05, 3.63) is 5.70 Å². The first kappa shape index (κ1) is 9.85. The molecule has 1 saturated heterocycles. The van der Waals surface area contributed by atoms with Gasteiger partial charge in [0.05, 0.1) is 13.2 Å². The molecule has 0 radical (unpaired) electrons. The van der Waals surface area contributed by atoms with Crippen molar-refractivity contribution < 1.29 is 9.53 Å². The van der Waals surface area contributed by atoms with Gasteiger partial charge in [-0.2, -0.15) is 0 Å². The Hall–Kier alpha value is -1.23. The van der Waals surface area contributed by atoms with Crippen LogP contribution >= 0.6 is 0 Å². The third-order valence-electron chi connectivity index (χ3n) is 1.81. The molecule has 70 valence electrons. The van der Waals surface area contributed by atoms with Gasteiger partial charge in [0.1, 0.15) is 0 Å². The molecule has 0 spiro atoms. The van der Waals surface area contributed by atoms with Gasteiger partial charge in [-0.1, -0.05) is 12.8 Å². The molecule has 0 aromatic heterocycles. The Morgan fingerprint density at radius 2 is 2.15 bits per heavy atom. The van der Waals surface area contributed by atoms with E-state index < -0.39 is 0 Å². The maximum absolute atomic E-state index is 10.6. The summed E-state index contributed by atoms with van der Waals surface area (Å²) in [5.41, 5.74) is 0.463. The highest BCUT2D eigenvalue weighted by Crippen LogP contribution is 2.03. The molecule has 0 atom stereocenters. The topological polar surface area (TPSA) is 29.5 Å². The molecule has 0 N–H and O–H groups in total. The normalized spacial score (nSPS) is 15.6. The summed E-state index contributed by atoms with van der Waals surface area (Å²) in [5.74, 6) is 7.54. The summed E-state index contributed by atoms with van der Waals surface area (Å²) in [6.07, 6.45) is 0.759. The lowest BCUT2D eigenvalue weighted by Gasteiger charge is -2.26. The monoisotopic (exact) mass is 179 g/mol. The van der Waals surface area contributed by atoms with E-state index in [1.54, 1.807) is 0 Å². The van der Waals surface area contributed by atoms with E-state index in [0.29, 0.717) is 18.9 Å². The average molecular weight is 179 g/mol. The van der Waals surface area contributed by atoms with Gasteiger partial charge in [0.15, 0.2) is 11.6 Å². The fourth-order valence-electron chi connectivity index (χ4n) is 1.13. The van der Waals surface area contributed by atoms with Crippen LogP contribution in [0, 0.1) is 11.8 Å². The lowest BCUT2D eigenvalue weighted by molar-refractivity contribution is 0.0565. The van der Waals surface area contributed by atoms with Crippen LogP contribution < -0.4 is 0 Å². The van der Waals surface area contributed by atoms with Gasteiger partial charge in [0, 0.05) is 19.5 Å². The van der Waals surface area contributed by atoms with Gasteiger partial charge >= 0.3 is 0 Å². The van der Waals surface area contributed by atoms with Crippen LogP contribution in [0.1, 0.15) is 13.3 Å². The molecular weight excluding hydrogens is 166 g/mol. The van der Waals surface area contributed by atoms with Crippen LogP contribution in [0.25, 0.3) is 0 Å². The second kappa shape index (κ2) is 5.42. The fraction of sp³-hybridized carbons (Fsp3) is 0.600. The summed E-state index contributed by atoms with van der Waals surface area (Å²) in [7, 11) is 0. The van der Waals surface area contributed by atoms with Crippen LogP contribution in [0.4, 0.5) is 0 Å². The first-order valence-corrected chi connectivity index (χ1v) is 4.45. The smallest absolute Gasteiger partial charge is 0.174 e. The fourth-order valence-corrected chi connectivity index (χ4v) is 1.13. The number of carbonyl (C=O) groups excluding carboxylic acids is 1. The maximum atomic E-state index is 10.6. The van der Waals surface area contributed by atoms with E-state index in [1.807, 2.05) is 17.8 Å². The largest absolute Gasteiger partial charge is 0.378 e. The molecule has 0 saturated carbocycles. The molecule has 0 unspecified atom stereocenters. The van der Waals surface area contributed by atoms with Crippen LogP contribution in [-0.4, -0.2) is 37.1 Å². The molecule has 1 aliphatic heterocycles. The molecule has 1 aliphatic rings. The maximum Gasteiger partial charge on any atom is 0.174 e. The van der Waals surface area contributed by atoms with Gasteiger partial charge in [-0.05, 0) is 5.92 Å². The van der Waals surface area contributed by atoms with E-state index in [2.05, 4.69) is 11.8 Å². The van der Waals surface area contributed by atoms with Gasteiger partial charge in [-0.25, -0.2) is 4.79 Å². The quantitative estimate of drug-likeness (QED) is 0.432. The lowest BCUT2D eigenvalue weighted by Crippen LogP contribution is -2.35. The zero-order valence-corrected chi connectivity index (χ0v) is 7.80. The van der Waals surface area contributed by atoms with E-state index >= 15 is 0 Å². The minimum atomic E-state index is 0.463. The number of nitrogens with zero attached hydrogens (tertiary/aromatic N) is 1. The number of hydrogen-bond acceptors (Lipinski definition) is 3. The van der Waals surface area contributed by atoms with Crippen LogP contribution in [-0.2, 0) is 9.53 Å². The second-order valence-electron chi connectivity index (χ2n) is 2.71. The predicted molar refractivity (Wildman–Crippen MR) is 49.7 cm³/mol. The zero-order valence-electron chi connectivity index (χ0n) is 7.80. The van der Waals surface area contributed by atoms with E-state index in [-0.39, 0.29) is 0 Å². The third kappa shape index (κ3) is 2.95. The Morgan fingerprint density at radius 3 is 2.69 bits per heavy atom. The molecule has 1 fully saturated rings. The van der Waals surface area contributed by atoms with Crippen LogP contribution in [0.2, 0.25) is 0 Å². The van der Waals surface area contributed by atoms with Gasteiger partial charge in [-0.3, -0.25) is 0 Å². The van der Waals surface area contributed by atoms with Crippen molar-refractivity contribution in [3.63, 3.8) is 0 Å². The van der Waals surface area contributed by atoms with Crippen molar-refractivity contribution in [1.82, 2.24) is 4.90 Å². The van der Waals surface area contributed by atoms with Crippen LogP contribution in [0.3, 0.4) is 0 Å². The first-order valence-electron chi connectivity index (χ1n) is 4.45. The van der Waals surface area contributed by atoms with Crippen molar-refractivity contribution >= 4 is 5.94 Å². The predicted octanol–water partition coefficient (Wildman–Crippen LogP) is 0.448. The SMILES string of the molecule is CCC#CC(=C=O)N1CCOCC1. The molecule has 3 heteroatoms. The molecule has 0 aliphatic carbocycles. The lowest BCUT2D eigenvalue weighted by atomic mass is 10.3. The summed E-state index contributed by atoms with van der Waals surface area (Å²) >= 11 is 0. The van der Waals surface area contributed by atoms with E-state index in [0.717, 1.165) is 19.5 Å². The Balaban J connectivity index is 2.60. The first-order chi connectivity index (χ1) is 6.38. The average Bonchev–Trinajstić information content (AvgIpc) is 2.21.